The van der Waals surface area contributed by atoms with E-state index in [4.69, 9.17) is 0 Å². The lowest BCUT2D eigenvalue weighted by Gasteiger charge is -2.30. The highest BCUT2D eigenvalue weighted by molar-refractivity contribution is 7.99. The summed E-state index contributed by atoms with van der Waals surface area (Å²) in [6.07, 6.45) is 3.16. The van der Waals surface area contributed by atoms with E-state index in [1.54, 1.807) is 4.57 Å². The number of amides is 1. The number of likely N-dealkylation sites (tertiary alicyclic amines) is 1. The van der Waals surface area contributed by atoms with Gasteiger partial charge >= 0.3 is 0 Å². The summed E-state index contributed by atoms with van der Waals surface area (Å²) < 4.78 is 4.37. The molecule has 0 N–H and O–H groups in total. The average Bonchev–Trinajstić information content (AvgIpc) is 3.32. The van der Waals surface area contributed by atoms with E-state index in [1.807, 2.05) is 20.7 Å². The Bertz CT molecular complexity index is 1080. The fourth-order valence-corrected chi connectivity index (χ4v) is 5.48. The Morgan fingerprint density at radius 1 is 1.38 bits per heavy atom. The van der Waals surface area contributed by atoms with Crippen LogP contribution in [0, 0.1) is 11.8 Å². The van der Waals surface area contributed by atoms with Crippen LogP contribution in [-0.4, -0.2) is 48.8 Å². The third-order valence-corrected chi connectivity index (χ3v) is 7.25. The topological polar surface area (TPSA) is 72.5 Å². The van der Waals surface area contributed by atoms with Crippen molar-refractivity contribution >= 4 is 45.0 Å². The van der Waals surface area contributed by atoms with Crippen molar-refractivity contribution in [3.63, 3.8) is 0 Å². The van der Waals surface area contributed by atoms with Gasteiger partial charge < -0.3 is 4.90 Å². The van der Waals surface area contributed by atoms with Gasteiger partial charge in [0.15, 0.2) is 5.16 Å². The van der Waals surface area contributed by atoms with Crippen LogP contribution in [0.2, 0.25) is 0 Å². The van der Waals surface area contributed by atoms with E-state index in [9.17, 15) is 9.59 Å². The van der Waals surface area contributed by atoms with Crippen molar-refractivity contribution < 1.29 is 4.79 Å². The van der Waals surface area contributed by atoms with E-state index < -0.39 is 0 Å². The van der Waals surface area contributed by atoms with Crippen LogP contribution in [0.25, 0.3) is 16.0 Å². The average molecular weight is 434 g/mol. The highest BCUT2D eigenvalue weighted by Crippen LogP contribution is 2.25. The number of piperidine rings is 1. The van der Waals surface area contributed by atoms with E-state index in [-0.39, 0.29) is 11.5 Å². The molecule has 29 heavy (non-hydrogen) atoms. The first-order valence-electron chi connectivity index (χ1n) is 10.2. The van der Waals surface area contributed by atoms with Crippen LogP contribution in [-0.2, 0) is 11.3 Å². The lowest BCUT2D eigenvalue weighted by atomic mass is 10.0. The van der Waals surface area contributed by atoms with E-state index in [1.165, 1.54) is 29.5 Å². The number of thiophene rings is 1. The Kier molecular flexibility index (Phi) is 5.96. The summed E-state index contributed by atoms with van der Waals surface area (Å²) in [6, 6.07) is 1.93. The van der Waals surface area contributed by atoms with Gasteiger partial charge in [0.1, 0.15) is 4.70 Å². The van der Waals surface area contributed by atoms with Gasteiger partial charge in [-0.2, -0.15) is 0 Å². The zero-order chi connectivity index (χ0) is 20.5. The van der Waals surface area contributed by atoms with Gasteiger partial charge in [-0.3, -0.25) is 18.6 Å². The number of fused-ring (bicyclic) bond motifs is 3. The number of hydrogen-bond acceptors (Lipinski definition) is 6. The number of thioether (sulfide) groups is 1. The van der Waals surface area contributed by atoms with Crippen molar-refractivity contribution in [2.24, 2.45) is 11.8 Å². The first-order chi connectivity index (χ1) is 14.0. The lowest BCUT2D eigenvalue weighted by molar-refractivity contribution is -0.130. The Labute approximate surface area is 178 Å². The summed E-state index contributed by atoms with van der Waals surface area (Å²) in [7, 11) is 0. The molecule has 1 atom stereocenters. The summed E-state index contributed by atoms with van der Waals surface area (Å²) >= 11 is 2.85. The number of aryl methyl sites for hydroxylation is 1. The van der Waals surface area contributed by atoms with E-state index in [2.05, 4.69) is 31.0 Å². The molecule has 4 heterocycles. The molecule has 9 heteroatoms. The molecule has 4 rings (SSSR count). The predicted molar refractivity (Wildman–Crippen MR) is 118 cm³/mol. The fourth-order valence-electron chi connectivity index (χ4n) is 3.82. The van der Waals surface area contributed by atoms with Crippen LogP contribution >= 0.6 is 23.1 Å². The number of hydrogen-bond donors (Lipinski definition) is 0. The molecular formula is C20H27N5O2S2. The zero-order valence-electron chi connectivity index (χ0n) is 17.1. The van der Waals surface area contributed by atoms with Crippen molar-refractivity contribution in [1.29, 1.82) is 0 Å². The van der Waals surface area contributed by atoms with Gasteiger partial charge in [-0.1, -0.05) is 32.5 Å². The molecule has 0 saturated carbocycles. The minimum absolute atomic E-state index is 0.00881. The molecular weight excluding hydrogens is 406 g/mol. The van der Waals surface area contributed by atoms with Crippen LogP contribution in [0.3, 0.4) is 0 Å². The van der Waals surface area contributed by atoms with Crippen molar-refractivity contribution in [3.05, 3.63) is 21.8 Å². The smallest absolute Gasteiger partial charge is 0.272 e. The molecule has 3 aromatic heterocycles. The third-order valence-electron chi connectivity index (χ3n) is 5.45. The SMILES string of the molecule is CC(C)CCn1c(=O)c2sccc2n2c(SCC(=O)N3CCC[C@@H](C)C3)nnc12. The second-order valence-electron chi connectivity index (χ2n) is 8.27. The molecule has 0 spiro atoms. The van der Waals surface area contributed by atoms with Crippen molar-refractivity contribution in [1.82, 2.24) is 24.1 Å². The largest absolute Gasteiger partial charge is 0.342 e. The van der Waals surface area contributed by atoms with Crippen LogP contribution in [0.1, 0.15) is 40.0 Å². The molecule has 1 amide bonds. The third kappa shape index (κ3) is 4.07. The Morgan fingerprint density at radius 3 is 2.97 bits per heavy atom. The van der Waals surface area contributed by atoms with Gasteiger partial charge in [-0.25, -0.2) is 0 Å². The fraction of sp³-hybridized carbons (Fsp3) is 0.600. The molecule has 0 aromatic carbocycles. The van der Waals surface area contributed by atoms with Gasteiger partial charge in [0.2, 0.25) is 11.7 Å². The molecule has 1 aliphatic heterocycles. The lowest BCUT2D eigenvalue weighted by Crippen LogP contribution is -2.40. The minimum atomic E-state index is -0.00881. The summed E-state index contributed by atoms with van der Waals surface area (Å²) in [5, 5.41) is 11.3. The summed E-state index contributed by atoms with van der Waals surface area (Å²) in [5.74, 6) is 2.09. The number of carbonyl (C=O) groups is 1. The first-order valence-corrected chi connectivity index (χ1v) is 12.1. The first kappa shape index (κ1) is 20.4. The van der Waals surface area contributed by atoms with Gasteiger partial charge in [0, 0.05) is 19.6 Å². The predicted octanol–water partition coefficient (Wildman–Crippen LogP) is 3.50. The van der Waals surface area contributed by atoms with E-state index in [0.29, 0.717) is 39.8 Å². The van der Waals surface area contributed by atoms with Crippen molar-refractivity contribution in [3.8, 4) is 0 Å². The maximum Gasteiger partial charge on any atom is 0.272 e. The Morgan fingerprint density at radius 2 is 2.21 bits per heavy atom. The van der Waals surface area contributed by atoms with Crippen molar-refractivity contribution in [2.75, 3.05) is 18.8 Å². The maximum absolute atomic E-state index is 13.0. The summed E-state index contributed by atoms with van der Waals surface area (Å²) in [6.45, 7) is 8.77. The molecule has 3 aromatic rings. The van der Waals surface area contributed by atoms with Gasteiger partial charge in [0.25, 0.3) is 5.56 Å². The molecule has 7 nitrogen and oxygen atoms in total. The molecule has 0 aliphatic carbocycles. The van der Waals surface area contributed by atoms with Crippen LogP contribution in [0.15, 0.2) is 21.4 Å². The highest BCUT2D eigenvalue weighted by Gasteiger charge is 2.23. The molecule has 156 valence electrons. The molecule has 0 bridgehead atoms. The summed E-state index contributed by atoms with van der Waals surface area (Å²) in [4.78, 5) is 27.6. The monoisotopic (exact) mass is 433 g/mol. The zero-order valence-corrected chi connectivity index (χ0v) is 18.8. The van der Waals surface area contributed by atoms with Gasteiger partial charge in [-0.15, -0.1) is 21.5 Å². The molecule has 1 saturated heterocycles. The standard InChI is InChI=1S/C20H27N5O2S2/c1-13(2)6-9-24-18(27)17-15(7-10-28-17)25-19(24)21-22-20(25)29-12-16(26)23-8-4-5-14(3)11-23/h7,10,13-14H,4-6,8-9,11-12H2,1-3H3/t14-/m1/s1. The molecule has 0 unspecified atom stereocenters. The number of carbonyl (C=O) groups excluding carboxylic acids is 1. The van der Waals surface area contributed by atoms with Crippen LogP contribution in [0.5, 0.6) is 0 Å². The molecule has 0 radical (unpaired) electrons. The summed E-state index contributed by atoms with van der Waals surface area (Å²) in [5.41, 5.74) is 0.813. The van der Waals surface area contributed by atoms with Gasteiger partial charge in [0.05, 0.1) is 11.3 Å². The number of aromatic nitrogens is 4. The molecule has 1 fully saturated rings. The Hall–Kier alpha value is -1.87. The van der Waals surface area contributed by atoms with E-state index >= 15 is 0 Å². The quantitative estimate of drug-likeness (QED) is 0.556. The minimum Gasteiger partial charge on any atom is -0.342 e. The number of nitrogens with zero attached hydrogens (tertiary/aromatic N) is 5. The normalized spacial score (nSPS) is 17.7. The Balaban J connectivity index is 1.64. The number of rotatable bonds is 6. The second kappa shape index (κ2) is 8.47. The van der Waals surface area contributed by atoms with Crippen LogP contribution in [0.4, 0.5) is 0 Å². The highest BCUT2D eigenvalue weighted by atomic mass is 32.2. The molecule has 1 aliphatic rings. The second-order valence-corrected chi connectivity index (χ2v) is 10.1. The van der Waals surface area contributed by atoms with Crippen molar-refractivity contribution in [2.45, 2.75) is 51.7 Å². The van der Waals surface area contributed by atoms with Gasteiger partial charge in [-0.05, 0) is 42.5 Å². The maximum atomic E-state index is 13.0. The van der Waals surface area contributed by atoms with E-state index in [0.717, 1.165) is 31.4 Å². The van der Waals surface area contributed by atoms with Crippen LogP contribution < -0.4 is 5.56 Å².